The maximum Gasteiger partial charge on any atom is 0.0791 e. The standard InChI is InChI=1S/C13H26N2O2/c1-11-12(4-7-17-11)8-14-9-13(16)10-15-5-2-3-6-15/h11-14,16H,2-10H2,1H3. The molecule has 2 N–H and O–H groups in total. The fraction of sp³-hybridized carbons (Fsp3) is 1.00. The third-order valence-corrected chi connectivity index (χ3v) is 3.99. The van der Waals surface area contributed by atoms with E-state index in [2.05, 4.69) is 17.1 Å². The Hall–Kier alpha value is -0.160. The largest absolute Gasteiger partial charge is 0.390 e. The number of rotatable bonds is 6. The van der Waals surface area contributed by atoms with E-state index in [1.54, 1.807) is 0 Å². The fourth-order valence-electron chi connectivity index (χ4n) is 2.81. The molecule has 0 aromatic rings. The van der Waals surface area contributed by atoms with Crippen LogP contribution in [0, 0.1) is 5.92 Å². The second-order valence-electron chi connectivity index (χ2n) is 5.44. The topological polar surface area (TPSA) is 44.7 Å². The lowest BCUT2D eigenvalue weighted by Crippen LogP contribution is -2.39. The van der Waals surface area contributed by atoms with Crippen LogP contribution in [-0.4, -0.2) is 61.5 Å². The number of nitrogens with one attached hydrogen (secondary N) is 1. The first-order valence-corrected chi connectivity index (χ1v) is 6.98. The molecule has 17 heavy (non-hydrogen) atoms. The summed E-state index contributed by atoms with van der Waals surface area (Å²) in [5.74, 6) is 0.619. The van der Waals surface area contributed by atoms with Gasteiger partial charge in [-0.25, -0.2) is 0 Å². The molecule has 2 aliphatic heterocycles. The van der Waals surface area contributed by atoms with Gasteiger partial charge < -0.3 is 20.1 Å². The second-order valence-corrected chi connectivity index (χ2v) is 5.44. The van der Waals surface area contributed by atoms with Crippen molar-refractivity contribution in [2.75, 3.05) is 39.3 Å². The number of aliphatic hydroxyl groups excluding tert-OH is 1. The third-order valence-electron chi connectivity index (χ3n) is 3.99. The van der Waals surface area contributed by atoms with Crippen molar-refractivity contribution in [1.82, 2.24) is 10.2 Å². The highest BCUT2D eigenvalue weighted by atomic mass is 16.5. The molecule has 2 saturated heterocycles. The van der Waals surface area contributed by atoms with E-state index in [4.69, 9.17) is 4.74 Å². The van der Waals surface area contributed by atoms with Crippen molar-refractivity contribution in [3.8, 4) is 0 Å². The highest BCUT2D eigenvalue weighted by Gasteiger charge is 2.24. The van der Waals surface area contributed by atoms with E-state index in [1.807, 2.05) is 0 Å². The molecule has 0 radical (unpaired) electrons. The average molecular weight is 242 g/mol. The number of likely N-dealkylation sites (tertiary alicyclic amines) is 1. The van der Waals surface area contributed by atoms with Crippen molar-refractivity contribution >= 4 is 0 Å². The van der Waals surface area contributed by atoms with Crippen molar-refractivity contribution in [3.63, 3.8) is 0 Å². The number of nitrogens with zero attached hydrogens (tertiary/aromatic N) is 1. The van der Waals surface area contributed by atoms with Crippen LogP contribution in [0.25, 0.3) is 0 Å². The molecule has 0 spiro atoms. The molecule has 3 unspecified atom stereocenters. The minimum Gasteiger partial charge on any atom is -0.390 e. The molecule has 0 aromatic carbocycles. The van der Waals surface area contributed by atoms with Crippen molar-refractivity contribution in [2.24, 2.45) is 5.92 Å². The maximum absolute atomic E-state index is 9.91. The second kappa shape index (κ2) is 6.69. The SMILES string of the molecule is CC1OCCC1CNCC(O)CN1CCCC1. The van der Waals surface area contributed by atoms with E-state index < -0.39 is 0 Å². The van der Waals surface area contributed by atoms with Crippen molar-refractivity contribution < 1.29 is 9.84 Å². The van der Waals surface area contributed by atoms with Gasteiger partial charge in [-0.15, -0.1) is 0 Å². The lowest BCUT2D eigenvalue weighted by Gasteiger charge is -2.21. The first-order chi connectivity index (χ1) is 8.25. The summed E-state index contributed by atoms with van der Waals surface area (Å²) in [5, 5.41) is 13.3. The van der Waals surface area contributed by atoms with Crippen LogP contribution in [0.4, 0.5) is 0 Å². The first kappa shape index (κ1) is 13.3. The summed E-state index contributed by atoms with van der Waals surface area (Å²) in [5.41, 5.74) is 0. The van der Waals surface area contributed by atoms with Crippen LogP contribution in [0.15, 0.2) is 0 Å². The molecule has 2 heterocycles. The van der Waals surface area contributed by atoms with Crippen LogP contribution in [-0.2, 0) is 4.74 Å². The van der Waals surface area contributed by atoms with Crippen LogP contribution in [0.1, 0.15) is 26.2 Å². The van der Waals surface area contributed by atoms with E-state index in [0.29, 0.717) is 18.6 Å². The number of hydrogen-bond donors (Lipinski definition) is 2. The zero-order valence-corrected chi connectivity index (χ0v) is 10.9. The smallest absolute Gasteiger partial charge is 0.0791 e. The Morgan fingerprint density at radius 1 is 1.41 bits per heavy atom. The molecule has 0 bridgehead atoms. The van der Waals surface area contributed by atoms with Gasteiger partial charge in [0.2, 0.25) is 0 Å². The van der Waals surface area contributed by atoms with Gasteiger partial charge in [0.15, 0.2) is 0 Å². The Morgan fingerprint density at radius 3 is 2.82 bits per heavy atom. The Kier molecular flexibility index (Phi) is 5.22. The van der Waals surface area contributed by atoms with E-state index in [0.717, 1.165) is 39.2 Å². The molecule has 0 aliphatic carbocycles. The van der Waals surface area contributed by atoms with Gasteiger partial charge in [0, 0.05) is 26.2 Å². The maximum atomic E-state index is 9.91. The van der Waals surface area contributed by atoms with Crippen LogP contribution < -0.4 is 5.32 Å². The van der Waals surface area contributed by atoms with Crippen LogP contribution in [0.5, 0.6) is 0 Å². The number of β-amino-alcohol motifs (C(OH)–C–C–N with tert-alkyl or cyclic N) is 1. The molecule has 2 fully saturated rings. The normalized spacial score (nSPS) is 32.1. The van der Waals surface area contributed by atoms with Crippen molar-refractivity contribution in [1.29, 1.82) is 0 Å². The Bertz CT molecular complexity index is 219. The zero-order chi connectivity index (χ0) is 12.1. The molecule has 3 atom stereocenters. The molecule has 0 aromatic heterocycles. The van der Waals surface area contributed by atoms with Gasteiger partial charge in [-0.2, -0.15) is 0 Å². The number of aliphatic hydroxyl groups is 1. The Morgan fingerprint density at radius 2 is 2.18 bits per heavy atom. The number of ether oxygens (including phenoxy) is 1. The summed E-state index contributed by atoms with van der Waals surface area (Å²) in [6.07, 6.45) is 3.87. The van der Waals surface area contributed by atoms with Crippen LogP contribution in [0.2, 0.25) is 0 Å². The fourth-order valence-corrected chi connectivity index (χ4v) is 2.81. The molecule has 100 valence electrons. The van der Waals surface area contributed by atoms with Crippen LogP contribution in [0.3, 0.4) is 0 Å². The van der Waals surface area contributed by atoms with Gasteiger partial charge in [-0.3, -0.25) is 0 Å². The highest BCUT2D eigenvalue weighted by Crippen LogP contribution is 2.19. The molecule has 0 saturated carbocycles. The van der Waals surface area contributed by atoms with Gasteiger partial charge in [0.1, 0.15) is 0 Å². The number of hydrogen-bond acceptors (Lipinski definition) is 4. The molecular weight excluding hydrogens is 216 g/mol. The molecule has 2 rings (SSSR count). The summed E-state index contributed by atoms with van der Waals surface area (Å²) in [7, 11) is 0. The van der Waals surface area contributed by atoms with Crippen molar-refractivity contribution in [3.05, 3.63) is 0 Å². The predicted molar refractivity (Wildman–Crippen MR) is 68.1 cm³/mol. The van der Waals surface area contributed by atoms with Crippen molar-refractivity contribution in [2.45, 2.75) is 38.4 Å². The summed E-state index contributed by atoms with van der Waals surface area (Å²) in [4.78, 5) is 2.35. The van der Waals surface area contributed by atoms with Gasteiger partial charge >= 0.3 is 0 Å². The Balaban J connectivity index is 1.54. The zero-order valence-electron chi connectivity index (χ0n) is 10.9. The van der Waals surface area contributed by atoms with E-state index in [-0.39, 0.29) is 6.10 Å². The van der Waals surface area contributed by atoms with Gasteiger partial charge in [-0.05, 0) is 45.2 Å². The Labute approximate surface area is 104 Å². The molecular formula is C13H26N2O2. The van der Waals surface area contributed by atoms with E-state index in [1.165, 1.54) is 12.8 Å². The summed E-state index contributed by atoms with van der Waals surface area (Å²) >= 11 is 0. The summed E-state index contributed by atoms with van der Waals surface area (Å²) in [6, 6.07) is 0. The average Bonchev–Trinajstić information content (AvgIpc) is 2.91. The van der Waals surface area contributed by atoms with E-state index >= 15 is 0 Å². The van der Waals surface area contributed by atoms with Gasteiger partial charge in [-0.1, -0.05) is 0 Å². The molecule has 4 nitrogen and oxygen atoms in total. The predicted octanol–water partition coefficient (Wildman–Crippen LogP) is 0.458. The van der Waals surface area contributed by atoms with E-state index in [9.17, 15) is 5.11 Å². The first-order valence-electron chi connectivity index (χ1n) is 6.98. The van der Waals surface area contributed by atoms with Gasteiger partial charge in [0.05, 0.1) is 12.2 Å². The third kappa shape index (κ3) is 4.21. The summed E-state index contributed by atoms with van der Waals surface area (Å²) in [6.45, 7) is 7.85. The molecule has 0 amide bonds. The minimum atomic E-state index is -0.231. The lowest BCUT2D eigenvalue weighted by molar-refractivity contribution is 0.0999. The van der Waals surface area contributed by atoms with Gasteiger partial charge in [0.25, 0.3) is 0 Å². The minimum absolute atomic E-state index is 0.231. The molecule has 2 aliphatic rings. The lowest BCUT2D eigenvalue weighted by atomic mass is 10.0. The monoisotopic (exact) mass is 242 g/mol. The quantitative estimate of drug-likeness (QED) is 0.710. The highest BCUT2D eigenvalue weighted by molar-refractivity contribution is 4.76. The van der Waals surface area contributed by atoms with Crippen LogP contribution >= 0.6 is 0 Å². The molecule has 4 heteroatoms. The summed E-state index contributed by atoms with van der Waals surface area (Å²) < 4.78 is 5.52.